The number of halogens is 3. The highest BCUT2D eigenvalue weighted by Gasteiger charge is 2.44. The number of hydrogen-bond acceptors (Lipinski definition) is 4. The number of aromatic nitrogens is 2. The molecule has 1 aromatic carbocycles. The van der Waals surface area contributed by atoms with Crippen LogP contribution in [0.1, 0.15) is 35.4 Å². The number of urea groups is 1. The molecule has 152 valence electrons. The molecule has 10 heteroatoms. The number of carbonyl (C=O) groups is 1. The molecule has 0 fully saturated rings. The number of fused-ring (bicyclic) bond motifs is 3. The summed E-state index contributed by atoms with van der Waals surface area (Å²) < 4.78 is 44.1. The van der Waals surface area contributed by atoms with Gasteiger partial charge in [-0.25, -0.2) is 9.18 Å². The summed E-state index contributed by atoms with van der Waals surface area (Å²) >= 11 is 0. The molecule has 7 nitrogen and oxygen atoms in total. The van der Waals surface area contributed by atoms with Gasteiger partial charge in [-0.05, 0) is 24.6 Å². The molecule has 0 bridgehead atoms. The average Bonchev–Trinajstić information content (AvgIpc) is 3.00. The summed E-state index contributed by atoms with van der Waals surface area (Å²) in [5.74, 6) is -3.94. The predicted molar refractivity (Wildman–Crippen MR) is 95.6 cm³/mol. The Bertz CT molecular complexity index is 1010. The second-order valence-electron chi connectivity index (χ2n) is 7.26. The number of aryl methyl sites for hydroxylation is 1. The number of nitrogens with one attached hydrogen (secondary N) is 1. The van der Waals surface area contributed by atoms with Crippen LogP contribution in [0.15, 0.2) is 18.2 Å². The molecule has 0 spiro atoms. The van der Waals surface area contributed by atoms with Gasteiger partial charge in [0.2, 0.25) is 0 Å². The second kappa shape index (κ2) is 7.08. The van der Waals surface area contributed by atoms with Gasteiger partial charge >= 0.3 is 6.03 Å². The van der Waals surface area contributed by atoms with Crippen molar-refractivity contribution in [3.05, 3.63) is 46.5 Å². The van der Waals surface area contributed by atoms with Crippen molar-refractivity contribution in [2.24, 2.45) is 0 Å². The zero-order valence-corrected chi connectivity index (χ0v) is 15.3. The molecule has 2 N–H and O–H groups in total. The third-order valence-electron chi connectivity index (χ3n) is 5.24. The minimum atomic E-state index is -3.24. The molecule has 4 rings (SSSR count). The first-order valence-corrected chi connectivity index (χ1v) is 9.19. The monoisotopic (exact) mass is 405 g/mol. The number of nitriles is 1. The van der Waals surface area contributed by atoms with Crippen LogP contribution >= 0.6 is 0 Å². The van der Waals surface area contributed by atoms with Gasteiger partial charge in [0.1, 0.15) is 17.6 Å². The maximum Gasteiger partial charge on any atom is 0.322 e. The number of rotatable bonds is 1. The number of hydrogen-bond donors (Lipinski definition) is 2. The Morgan fingerprint density at radius 1 is 1.38 bits per heavy atom. The number of amides is 2. The molecular formula is C19H18F3N5O2. The van der Waals surface area contributed by atoms with Gasteiger partial charge < -0.3 is 15.3 Å². The van der Waals surface area contributed by atoms with Gasteiger partial charge in [0, 0.05) is 37.2 Å². The van der Waals surface area contributed by atoms with Crippen molar-refractivity contribution in [1.82, 2.24) is 14.7 Å². The Morgan fingerprint density at radius 2 is 2.17 bits per heavy atom. The molecule has 3 heterocycles. The molecule has 0 radical (unpaired) electrons. The minimum absolute atomic E-state index is 0.0471. The summed E-state index contributed by atoms with van der Waals surface area (Å²) in [5.41, 5.74) is 0.635. The summed E-state index contributed by atoms with van der Waals surface area (Å²) in [7, 11) is 0. The molecule has 0 unspecified atom stereocenters. The number of anilines is 1. The van der Waals surface area contributed by atoms with Crippen molar-refractivity contribution >= 4 is 11.7 Å². The van der Waals surface area contributed by atoms with Gasteiger partial charge in [-0.3, -0.25) is 4.68 Å². The van der Waals surface area contributed by atoms with E-state index in [2.05, 4.69) is 10.4 Å². The quantitative estimate of drug-likeness (QED) is 0.763. The minimum Gasteiger partial charge on any atom is -0.393 e. The van der Waals surface area contributed by atoms with E-state index >= 15 is 0 Å². The van der Waals surface area contributed by atoms with Crippen LogP contribution < -0.4 is 5.32 Å². The lowest BCUT2D eigenvalue weighted by Gasteiger charge is -2.28. The van der Waals surface area contributed by atoms with E-state index in [1.807, 2.05) is 0 Å². The van der Waals surface area contributed by atoms with Gasteiger partial charge in [0.15, 0.2) is 0 Å². The zero-order chi connectivity index (χ0) is 20.8. The van der Waals surface area contributed by atoms with E-state index in [-0.39, 0.29) is 43.0 Å². The van der Waals surface area contributed by atoms with Crippen molar-refractivity contribution < 1.29 is 23.1 Å². The Morgan fingerprint density at radius 3 is 2.93 bits per heavy atom. The molecule has 2 aliphatic heterocycles. The number of carbonyl (C=O) groups excluding carboxylic acids is 1. The Balaban J connectivity index is 1.57. The zero-order valence-electron chi connectivity index (χ0n) is 15.3. The Kier molecular flexibility index (Phi) is 4.70. The number of aliphatic hydroxyl groups excluding tert-OH is 1. The van der Waals surface area contributed by atoms with Gasteiger partial charge in [-0.15, -0.1) is 0 Å². The Hall–Kier alpha value is -3.06. The SMILES string of the molecule is N#Cc1cc(NC(=O)N2CCc3nn4c(c3C2)C(F)(F)C[C@H](O)CC4)ccc1F. The summed E-state index contributed by atoms with van der Waals surface area (Å²) in [4.78, 5) is 14.0. The summed E-state index contributed by atoms with van der Waals surface area (Å²) in [5, 5.41) is 25.5. The molecule has 0 saturated carbocycles. The molecular weight excluding hydrogens is 387 g/mol. The van der Waals surface area contributed by atoms with E-state index in [0.717, 1.165) is 6.07 Å². The lowest BCUT2D eigenvalue weighted by Crippen LogP contribution is -2.39. The van der Waals surface area contributed by atoms with Crippen LogP contribution in [0.3, 0.4) is 0 Å². The lowest BCUT2D eigenvalue weighted by molar-refractivity contribution is -0.0507. The second-order valence-corrected chi connectivity index (χ2v) is 7.26. The van der Waals surface area contributed by atoms with E-state index in [1.54, 1.807) is 6.07 Å². The van der Waals surface area contributed by atoms with E-state index in [9.17, 15) is 23.1 Å². The molecule has 1 aromatic heterocycles. The van der Waals surface area contributed by atoms with Gasteiger partial charge in [-0.2, -0.15) is 19.1 Å². The standard InChI is InChI=1S/C19H18F3N5O2/c20-15-2-1-12(7-11(15)9-23)24-18(29)26-5-4-16-14(10-26)17-19(21,22)8-13(28)3-6-27(17)25-16/h1-2,7,13,28H,3-6,8,10H2,(H,24,29)/t13-/m1/s1. The summed E-state index contributed by atoms with van der Waals surface area (Å²) in [6, 6.07) is 4.77. The number of nitrogens with zero attached hydrogens (tertiary/aromatic N) is 4. The molecule has 1 atom stereocenters. The number of alkyl halides is 2. The number of aliphatic hydroxyl groups is 1. The van der Waals surface area contributed by atoms with E-state index in [1.165, 1.54) is 21.7 Å². The van der Waals surface area contributed by atoms with Gasteiger partial charge in [0.25, 0.3) is 5.92 Å². The van der Waals surface area contributed by atoms with Gasteiger partial charge in [-0.1, -0.05) is 0 Å². The fourth-order valence-corrected chi connectivity index (χ4v) is 3.83. The van der Waals surface area contributed by atoms with Crippen molar-refractivity contribution in [3.63, 3.8) is 0 Å². The van der Waals surface area contributed by atoms with Crippen LogP contribution in [-0.2, 0) is 25.4 Å². The van der Waals surface area contributed by atoms with E-state index < -0.39 is 30.3 Å². The first kappa shape index (κ1) is 19.3. The van der Waals surface area contributed by atoms with Crippen molar-refractivity contribution in [2.45, 2.75) is 44.4 Å². The molecule has 2 amide bonds. The van der Waals surface area contributed by atoms with Crippen molar-refractivity contribution in [1.29, 1.82) is 5.26 Å². The van der Waals surface area contributed by atoms with Crippen molar-refractivity contribution in [3.8, 4) is 6.07 Å². The lowest BCUT2D eigenvalue weighted by atomic mass is 9.99. The van der Waals surface area contributed by atoms with Crippen LogP contribution in [0.4, 0.5) is 23.7 Å². The van der Waals surface area contributed by atoms with E-state index in [0.29, 0.717) is 17.7 Å². The largest absolute Gasteiger partial charge is 0.393 e. The first-order valence-electron chi connectivity index (χ1n) is 9.19. The topological polar surface area (TPSA) is 94.2 Å². The van der Waals surface area contributed by atoms with E-state index in [4.69, 9.17) is 5.26 Å². The maximum atomic E-state index is 14.7. The third-order valence-corrected chi connectivity index (χ3v) is 5.24. The normalized spacial score (nSPS) is 20.2. The summed E-state index contributed by atoms with van der Waals surface area (Å²) in [6.07, 6.45) is -1.27. The third kappa shape index (κ3) is 3.53. The fourth-order valence-electron chi connectivity index (χ4n) is 3.83. The van der Waals surface area contributed by atoms with Crippen LogP contribution in [0.25, 0.3) is 0 Å². The van der Waals surface area contributed by atoms with Crippen LogP contribution in [0.5, 0.6) is 0 Å². The smallest absolute Gasteiger partial charge is 0.322 e. The predicted octanol–water partition coefficient (Wildman–Crippen LogP) is 2.73. The Labute approximate surface area is 164 Å². The van der Waals surface area contributed by atoms with Crippen LogP contribution in [0, 0.1) is 17.1 Å². The molecule has 2 aliphatic rings. The highest BCUT2D eigenvalue weighted by atomic mass is 19.3. The number of benzene rings is 1. The summed E-state index contributed by atoms with van der Waals surface area (Å²) in [6.45, 7) is 0.433. The highest BCUT2D eigenvalue weighted by molar-refractivity contribution is 5.89. The van der Waals surface area contributed by atoms with Crippen molar-refractivity contribution in [2.75, 3.05) is 11.9 Å². The van der Waals surface area contributed by atoms with Crippen LogP contribution in [0.2, 0.25) is 0 Å². The first-order chi connectivity index (χ1) is 13.8. The average molecular weight is 405 g/mol. The molecule has 0 saturated heterocycles. The maximum absolute atomic E-state index is 14.7. The molecule has 2 aromatic rings. The molecule has 0 aliphatic carbocycles. The highest BCUT2D eigenvalue weighted by Crippen LogP contribution is 2.40. The fraction of sp³-hybridized carbons (Fsp3) is 0.421. The molecule has 29 heavy (non-hydrogen) atoms. The van der Waals surface area contributed by atoms with Crippen LogP contribution in [-0.4, -0.2) is 38.5 Å². The van der Waals surface area contributed by atoms with Gasteiger partial charge in [0.05, 0.1) is 23.9 Å².